The van der Waals surface area contributed by atoms with E-state index in [9.17, 15) is 0 Å². The number of nitrogens with zero attached hydrogens (tertiary/aromatic N) is 2. The molecule has 1 N–H and O–H groups in total. The molecule has 0 saturated carbocycles. The molecule has 0 amide bonds. The molecule has 0 fully saturated rings. The van der Waals surface area contributed by atoms with E-state index in [1.807, 2.05) is 12.1 Å². The molecular weight excluding hydrogens is 282 g/mol. The Labute approximate surface area is 126 Å². The van der Waals surface area contributed by atoms with Crippen LogP contribution in [0.4, 0.5) is 0 Å². The van der Waals surface area contributed by atoms with E-state index in [2.05, 4.69) is 46.0 Å². The zero-order valence-corrected chi connectivity index (χ0v) is 12.5. The van der Waals surface area contributed by atoms with Crippen molar-refractivity contribution in [2.75, 3.05) is 6.54 Å². The van der Waals surface area contributed by atoms with Gasteiger partial charge >= 0.3 is 0 Å². The Balaban J connectivity index is 1.70. The van der Waals surface area contributed by atoms with Crippen LogP contribution in [0, 0.1) is 6.92 Å². The van der Waals surface area contributed by atoms with Gasteiger partial charge in [-0.05, 0) is 36.4 Å². The molecule has 0 bridgehead atoms. The van der Waals surface area contributed by atoms with Gasteiger partial charge in [-0.15, -0.1) is 11.3 Å². The molecule has 4 nitrogen and oxygen atoms in total. The fourth-order valence-electron chi connectivity index (χ4n) is 2.73. The molecule has 1 aromatic carbocycles. The molecule has 5 heteroatoms. The maximum Gasteiger partial charge on any atom is 0.248 e. The lowest BCUT2D eigenvalue weighted by Gasteiger charge is -2.20. The van der Waals surface area contributed by atoms with Crippen LogP contribution in [-0.4, -0.2) is 16.7 Å². The van der Waals surface area contributed by atoms with Gasteiger partial charge in [0.1, 0.15) is 6.04 Å². The van der Waals surface area contributed by atoms with Crippen molar-refractivity contribution >= 4 is 11.3 Å². The summed E-state index contributed by atoms with van der Waals surface area (Å²) in [5.74, 6) is 1.30. The minimum Gasteiger partial charge on any atom is -0.337 e. The van der Waals surface area contributed by atoms with Crippen molar-refractivity contribution in [3.05, 3.63) is 57.6 Å². The highest BCUT2D eigenvalue weighted by Gasteiger charge is 2.27. The van der Waals surface area contributed by atoms with Crippen molar-refractivity contribution < 1.29 is 4.52 Å². The van der Waals surface area contributed by atoms with Crippen molar-refractivity contribution in [3.8, 4) is 11.4 Å². The van der Waals surface area contributed by atoms with Crippen molar-refractivity contribution in [3.63, 3.8) is 0 Å². The van der Waals surface area contributed by atoms with Gasteiger partial charge in [0.2, 0.25) is 11.7 Å². The van der Waals surface area contributed by atoms with Crippen molar-refractivity contribution in [2.45, 2.75) is 19.4 Å². The average molecular weight is 297 g/mol. The first-order valence-electron chi connectivity index (χ1n) is 7.01. The topological polar surface area (TPSA) is 51.0 Å². The smallest absolute Gasteiger partial charge is 0.248 e. The standard InChI is InChI=1S/C16H15N3OS/c1-10-3-2-4-11(9-10)15-18-16(20-19-15)14-12-6-8-21-13(12)5-7-17-14/h2-4,6,8-9,14,17H,5,7H2,1H3. The lowest BCUT2D eigenvalue weighted by Crippen LogP contribution is -2.29. The first-order valence-corrected chi connectivity index (χ1v) is 7.89. The third kappa shape index (κ3) is 2.28. The van der Waals surface area contributed by atoms with Gasteiger partial charge < -0.3 is 9.84 Å². The fourth-order valence-corrected chi connectivity index (χ4v) is 3.65. The molecule has 21 heavy (non-hydrogen) atoms. The van der Waals surface area contributed by atoms with Gasteiger partial charge in [0.05, 0.1) is 0 Å². The molecule has 0 radical (unpaired) electrons. The third-order valence-electron chi connectivity index (χ3n) is 3.76. The third-order valence-corrected chi connectivity index (χ3v) is 4.75. The number of nitrogens with one attached hydrogen (secondary N) is 1. The normalized spacial score (nSPS) is 17.7. The SMILES string of the molecule is Cc1cccc(-c2noc(C3NCCc4sccc43)n2)c1. The number of hydrogen-bond acceptors (Lipinski definition) is 5. The van der Waals surface area contributed by atoms with Crippen molar-refractivity contribution in [1.29, 1.82) is 0 Å². The molecule has 1 atom stereocenters. The van der Waals surface area contributed by atoms with Gasteiger partial charge in [-0.2, -0.15) is 4.98 Å². The largest absolute Gasteiger partial charge is 0.337 e. The number of rotatable bonds is 2. The maximum atomic E-state index is 5.51. The highest BCUT2D eigenvalue weighted by atomic mass is 32.1. The molecular formula is C16H15N3OS. The van der Waals surface area contributed by atoms with Crippen LogP contribution < -0.4 is 5.32 Å². The Morgan fingerprint density at radius 3 is 3.19 bits per heavy atom. The molecule has 106 valence electrons. The number of aryl methyl sites for hydroxylation is 1. The Hall–Kier alpha value is -1.98. The maximum absolute atomic E-state index is 5.51. The summed E-state index contributed by atoms with van der Waals surface area (Å²) in [6.07, 6.45) is 1.07. The summed E-state index contributed by atoms with van der Waals surface area (Å²) in [5.41, 5.74) is 3.45. The van der Waals surface area contributed by atoms with Crippen LogP contribution in [-0.2, 0) is 6.42 Å². The van der Waals surface area contributed by atoms with E-state index in [1.165, 1.54) is 16.0 Å². The molecule has 4 rings (SSSR count). The van der Waals surface area contributed by atoms with E-state index in [1.54, 1.807) is 11.3 Å². The molecule has 1 aliphatic heterocycles. The molecule has 2 aromatic heterocycles. The average Bonchev–Trinajstić information content (AvgIpc) is 3.16. The minimum atomic E-state index is 0.0195. The van der Waals surface area contributed by atoms with E-state index in [-0.39, 0.29) is 6.04 Å². The second-order valence-electron chi connectivity index (χ2n) is 5.26. The predicted molar refractivity (Wildman–Crippen MR) is 82.3 cm³/mol. The van der Waals surface area contributed by atoms with E-state index in [0.29, 0.717) is 11.7 Å². The first kappa shape index (κ1) is 12.7. The van der Waals surface area contributed by atoms with E-state index in [4.69, 9.17) is 4.52 Å². The number of benzene rings is 1. The number of fused-ring (bicyclic) bond motifs is 1. The molecule has 0 spiro atoms. The van der Waals surface area contributed by atoms with Crippen LogP contribution in [0.1, 0.15) is 27.9 Å². The molecule has 1 aliphatic rings. The highest BCUT2D eigenvalue weighted by Crippen LogP contribution is 2.32. The van der Waals surface area contributed by atoms with Gasteiger partial charge in [0.15, 0.2) is 0 Å². The molecule has 0 saturated heterocycles. The van der Waals surface area contributed by atoms with Gasteiger partial charge in [-0.3, -0.25) is 0 Å². The van der Waals surface area contributed by atoms with Gasteiger partial charge in [-0.1, -0.05) is 28.9 Å². The summed E-state index contributed by atoms with van der Waals surface area (Å²) >= 11 is 1.80. The summed E-state index contributed by atoms with van der Waals surface area (Å²) in [6, 6.07) is 10.3. The van der Waals surface area contributed by atoms with Crippen molar-refractivity contribution in [1.82, 2.24) is 15.5 Å². The van der Waals surface area contributed by atoms with Crippen LogP contribution >= 0.6 is 11.3 Å². The summed E-state index contributed by atoms with van der Waals surface area (Å²) in [4.78, 5) is 6.00. The zero-order chi connectivity index (χ0) is 14.2. The van der Waals surface area contributed by atoms with Gasteiger partial charge in [0, 0.05) is 17.0 Å². The van der Waals surface area contributed by atoms with Crippen LogP contribution in [0.25, 0.3) is 11.4 Å². The molecule has 0 aliphatic carbocycles. The number of hydrogen-bond donors (Lipinski definition) is 1. The molecule has 1 unspecified atom stereocenters. The first-order chi connectivity index (χ1) is 10.3. The number of thiophene rings is 1. The highest BCUT2D eigenvalue weighted by molar-refractivity contribution is 7.10. The van der Waals surface area contributed by atoms with Crippen LogP contribution in [0.15, 0.2) is 40.2 Å². The zero-order valence-electron chi connectivity index (χ0n) is 11.7. The molecule has 3 heterocycles. The molecule has 3 aromatic rings. The Morgan fingerprint density at radius 1 is 1.33 bits per heavy atom. The van der Waals surface area contributed by atoms with Gasteiger partial charge in [-0.25, -0.2) is 0 Å². The van der Waals surface area contributed by atoms with Crippen molar-refractivity contribution in [2.24, 2.45) is 0 Å². The van der Waals surface area contributed by atoms with E-state index >= 15 is 0 Å². The monoisotopic (exact) mass is 297 g/mol. The summed E-state index contributed by atoms with van der Waals surface area (Å²) in [6.45, 7) is 3.01. The van der Waals surface area contributed by atoms with E-state index < -0.39 is 0 Å². The fraction of sp³-hybridized carbons (Fsp3) is 0.250. The summed E-state index contributed by atoms with van der Waals surface area (Å²) in [7, 11) is 0. The lowest BCUT2D eigenvalue weighted by atomic mass is 10.0. The van der Waals surface area contributed by atoms with Crippen LogP contribution in [0.2, 0.25) is 0 Å². The Kier molecular flexibility index (Phi) is 3.09. The summed E-state index contributed by atoms with van der Waals surface area (Å²) in [5, 5.41) is 9.73. The van der Waals surface area contributed by atoms with Crippen LogP contribution in [0.5, 0.6) is 0 Å². The van der Waals surface area contributed by atoms with Gasteiger partial charge in [0.25, 0.3) is 0 Å². The number of aromatic nitrogens is 2. The minimum absolute atomic E-state index is 0.0195. The lowest BCUT2D eigenvalue weighted by molar-refractivity contribution is 0.344. The Bertz CT molecular complexity index is 777. The quantitative estimate of drug-likeness (QED) is 0.788. The van der Waals surface area contributed by atoms with E-state index in [0.717, 1.165) is 18.5 Å². The summed E-state index contributed by atoms with van der Waals surface area (Å²) < 4.78 is 5.51. The Morgan fingerprint density at radius 2 is 2.29 bits per heavy atom. The predicted octanol–water partition coefficient (Wildman–Crippen LogP) is 3.34. The van der Waals surface area contributed by atoms with Crippen LogP contribution in [0.3, 0.4) is 0 Å². The second kappa shape index (κ2) is 5.09. The second-order valence-corrected chi connectivity index (χ2v) is 6.26.